The Balaban J connectivity index is -0.000000107. The number of hydrogen-bond donors (Lipinski definition) is 2. The summed E-state index contributed by atoms with van der Waals surface area (Å²) in [5.74, 6) is 0. The fraction of sp³-hybridized carbons (Fsp3) is 0. The molecular weight excluding hydrogens is 180 g/mol. The Bertz CT molecular complexity index is 199. The molecule has 9 heteroatoms. The van der Waals surface area contributed by atoms with E-state index in [-0.39, 0.29) is 25.9 Å². The van der Waals surface area contributed by atoms with E-state index in [1.165, 1.54) is 0 Å². The number of carbonyl (C=O) groups excluding carboxylic acids is 1. The van der Waals surface area contributed by atoms with Gasteiger partial charge in [-0.3, -0.25) is 13.6 Å². The number of hydrogen-bond acceptors (Lipinski definition) is 6. The van der Waals surface area contributed by atoms with Gasteiger partial charge < -0.3 is 2.85 Å². The zero-order chi connectivity index (χ0) is 7.49. The minimum absolute atomic E-state index is 0. The predicted molar refractivity (Wildman–Crippen MR) is 29.7 cm³/mol. The van der Waals surface area contributed by atoms with Crippen molar-refractivity contribution in [2.24, 2.45) is 0 Å². The van der Waals surface area contributed by atoms with Gasteiger partial charge in [0.2, 0.25) is 0 Å². The van der Waals surface area contributed by atoms with Gasteiger partial charge in [-0.2, -0.15) is 18.5 Å². The topological polar surface area (TPSA) is 110 Å². The molecule has 10 heavy (non-hydrogen) atoms. The summed E-state index contributed by atoms with van der Waals surface area (Å²) in [5.41, 5.74) is 0. The molecule has 0 aromatic carbocycles. The fourth-order valence-corrected chi connectivity index (χ4v) is 0.304. The second-order valence-electron chi connectivity index (χ2n) is 0.852. The van der Waals surface area contributed by atoms with E-state index in [0.717, 1.165) is 0 Å². The number of carbonyl (C=O) groups is 1. The van der Waals surface area contributed by atoms with Gasteiger partial charge >= 0.3 is 39.6 Å². The molecule has 7 nitrogen and oxygen atoms in total. The van der Waals surface area contributed by atoms with Crippen LogP contribution in [0, 0.1) is 0 Å². The molecule has 0 saturated carbocycles. The molecule has 0 aromatic rings. The largest absolute Gasteiger partial charge is 2.00 e. The molecule has 0 aromatic heterocycles. The zero-order valence-electron chi connectivity index (χ0n) is 6.55. The maximum Gasteiger partial charge on any atom is 2.00 e. The Labute approximate surface area is 74.9 Å². The third-order valence-corrected chi connectivity index (χ3v) is 0.595. The predicted octanol–water partition coefficient (Wildman–Crippen LogP) is -0.740. The van der Waals surface area contributed by atoms with Crippen LogP contribution in [0.25, 0.3) is 0 Å². The van der Waals surface area contributed by atoms with E-state index in [4.69, 9.17) is 9.81 Å². The molecule has 0 aliphatic heterocycles. The summed E-state index contributed by atoms with van der Waals surface area (Å²) < 4.78 is 29.7. The molecule has 0 saturated heterocycles. The molecule has 58 valence electrons. The minimum Gasteiger partial charge on any atom is -1.00 e. The van der Waals surface area contributed by atoms with Crippen molar-refractivity contribution >= 4 is 39.6 Å². The monoisotopic (exact) mass is 184 g/mol. The van der Waals surface area contributed by atoms with Crippen LogP contribution in [0.1, 0.15) is 2.85 Å². The Morgan fingerprint density at radius 1 is 1.50 bits per heavy atom. The van der Waals surface area contributed by atoms with Gasteiger partial charge in [0.05, 0.1) is 0 Å². The van der Waals surface area contributed by atoms with Crippen molar-refractivity contribution in [3.05, 3.63) is 0 Å². The third-order valence-electron chi connectivity index (χ3n) is 0.248. The van der Waals surface area contributed by atoms with Crippen molar-refractivity contribution in [1.29, 1.82) is 0 Å². The molecule has 0 fully saturated rings. The van der Waals surface area contributed by atoms with Crippen LogP contribution < -0.4 is 0 Å². The van der Waals surface area contributed by atoms with E-state index in [9.17, 15) is 13.2 Å². The average molecular weight is 184 g/mol. The number of rotatable bonds is 1. The van der Waals surface area contributed by atoms with Gasteiger partial charge in [0, 0.05) is 0 Å². The van der Waals surface area contributed by atoms with Crippen LogP contribution in [0.5, 0.6) is 0 Å². The van der Waals surface area contributed by atoms with Crippen molar-refractivity contribution in [3.63, 3.8) is 0 Å². The molecule has 0 amide bonds. The maximum absolute atomic E-state index is 9.59. The van der Waals surface area contributed by atoms with Crippen LogP contribution in [-0.2, 0) is 19.5 Å². The summed E-state index contributed by atoms with van der Waals surface area (Å²) in [6, 6.07) is 0. The SMILES string of the molecule is O=C(OO)OS(=O)(=O)O.[H-].[H-].[Mg+2]. The van der Waals surface area contributed by atoms with Crippen LogP contribution in [0.2, 0.25) is 0 Å². The van der Waals surface area contributed by atoms with Crippen LogP contribution in [0.15, 0.2) is 0 Å². The van der Waals surface area contributed by atoms with Crippen molar-refractivity contribution in [3.8, 4) is 0 Å². The Hall–Kier alpha value is -0.0938. The van der Waals surface area contributed by atoms with Crippen LogP contribution >= 0.6 is 0 Å². The molecule has 0 aliphatic carbocycles. The Morgan fingerprint density at radius 2 is 1.90 bits per heavy atom. The summed E-state index contributed by atoms with van der Waals surface area (Å²) in [6.45, 7) is 0. The van der Waals surface area contributed by atoms with Crippen LogP contribution in [0.3, 0.4) is 0 Å². The van der Waals surface area contributed by atoms with Crippen LogP contribution in [-0.4, -0.2) is 47.4 Å². The first-order valence-electron chi connectivity index (χ1n) is 1.48. The second-order valence-corrected chi connectivity index (χ2v) is 1.87. The summed E-state index contributed by atoms with van der Waals surface area (Å²) in [7, 11) is -4.87. The maximum atomic E-state index is 9.59. The van der Waals surface area contributed by atoms with Crippen molar-refractivity contribution in [2.75, 3.05) is 0 Å². The van der Waals surface area contributed by atoms with Gasteiger partial charge in [-0.15, -0.1) is 0 Å². The normalized spacial score (nSPS) is 9.40. The van der Waals surface area contributed by atoms with E-state index in [0.29, 0.717) is 0 Å². The molecule has 0 rings (SSSR count). The van der Waals surface area contributed by atoms with Gasteiger partial charge in [-0.1, -0.05) is 0 Å². The van der Waals surface area contributed by atoms with Gasteiger partial charge in [0.1, 0.15) is 0 Å². The molecule has 0 aliphatic rings. The molecular formula is CH4MgO7S. The van der Waals surface area contributed by atoms with Crippen molar-refractivity contribution in [2.45, 2.75) is 0 Å². The second kappa shape index (κ2) is 4.68. The molecule has 2 N–H and O–H groups in total. The van der Waals surface area contributed by atoms with Crippen LogP contribution in [0.4, 0.5) is 4.79 Å². The Morgan fingerprint density at radius 3 is 2.00 bits per heavy atom. The van der Waals surface area contributed by atoms with E-state index in [2.05, 4.69) is 9.07 Å². The van der Waals surface area contributed by atoms with E-state index in [1.807, 2.05) is 0 Å². The summed E-state index contributed by atoms with van der Waals surface area (Å²) in [5, 5.41) is 7.35. The van der Waals surface area contributed by atoms with E-state index >= 15 is 0 Å². The first-order chi connectivity index (χ1) is 3.95. The summed E-state index contributed by atoms with van der Waals surface area (Å²) >= 11 is 0. The van der Waals surface area contributed by atoms with E-state index < -0.39 is 16.6 Å². The molecule has 0 heterocycles. The quantitative estimate of drug-likeness (QED) is 0.239. The van der Waals surface area contributed by atoms with Gasteiger partial charge in [0.25, 0.3) is 0 Å². The van der Waals surface area contributed by atoms with Gasteiger partial charge in [0.15, 0.2) is 0 Å². The minimum atomic E-state index is -4.87. The molecule has 0 atom stereocenters. The van der Waals surface area contributed by atoms with Crippen molar-refractivity contribution < 1.29 is 34.9 Å². The summed E-state index contributed by atoms with van der Waals surface area (Å²) in [6.07, 6.45) is -1.92. The molecule has 0 radical (unpaired) electrons. The van der Waals surface area contributed by atoms with Crippen molar-refractivity contribution in [1.82, 2.24) is 0 Å². The smallest absolute Gasteiger partial charge is 1.00 e. The average Bonchev–Trinajstić information content (AvgIpc) is 1.62. The summed E-state index contributed by atoms with van der Waals surface area (Å²) in [4.78, 5) is 12.3. The van der Waals surface area contributed by atoms with Gasteiger partial charge in [-0.05, 0) is 0 Å². The first kappa shape index (κ1) is 12.6. The van der Waals surface area contributed by atoms with E-state index in [1.54, 1.807) is 0 Å². The standard InChI is InChI=1S/CH2O7S.Mg.2H/c2-1(7-3)8-9(4,5)6;;;/h3H,(H,4,5,6);;;/q;+2;2*-1. The first-order valence-corrected chi connectivity index (χ1v) is 2.84. The molecule has 0 bridgehead atoms. The third kappa shape index (κ3) is 7.91. The van der Waals surface area contributed by atoms with Gasteiger partial charge in [-0.25, -0.2) is 0 Å². The Kier molecular flexibility index (Phi) is 5.88. The molecule has 0 unspecified atom stereocenters. The molecule has 0 spiro atoms. The fourth-order valence-electron chi connectivity index (χ4n) is 0.101. The zero-order valence-corrected chi connectivity index (χ0v) is 6.78.